The van der Waals surface area contributed by atoms with Crippen LogP contribution in [-0.4, -0.2) is 33.6 Å². The summed E-state index contributed by atoms with van der Waals surface area (Å²) in [5.74, 6) is -0.651. The minimum absolute atomic E-state index is 0.414. The standard InChI is InChI=1S/C11H13Cl2NO3/c12-10(13)11(17)14-8(6-15)9(16)7-4-2-1-3-5-7/h1-5,8-10,15-16H,6H2,(H,14,17)/t8-,9-/m0/s1. The lowest BCUT2D eigenvalue weighted by Gasteiger charge is -2.22. The molecule has 0 fully saturated rings. The van der Waals surface area contributed by atoms with Crippen molar-refractivity contribution in [1.29, 1.82) is 0 Å². The van der Waals surface area contributed by atoms with E-state index in [4.69, 9.17) is 28.3 Å². The van der Waals surface area contributed by atoms with Crippen LogP contribution < -0.4 is 5.32 Å². The molecule has 0 saturated heterocycles. The van der Waals surface area contributed by atoms with Crippen molar-refractivity contribution in [2.24, 2.45) is 0 Å². The maximum Gasteiger partial charge on any atom is 0.253 e. The second-order valence-corrected chi connectivity index (χ2v) is 4.55. The minimum Gasteiger partial charge on any atom is -0.394 e. The Hall–Kier alpha value is -0.810. The van der Waals surface area contributed by atoms with Gasteiger partial charge in [0, 0.05) is 0 Å². The molecule has 0 saturated carbocycles. The molecule has 94 valence electrons. The Balaban J connectivity index is 2.71. The number of halogens is 2. The van der Waals surface area contributed by atoms with E-state index in [0.717, 1.165) is 0 Å². The first kappa shape index (κ1) is 14.3. The monoisotopic (exact) mass is 277 g/mol. The van der Waals surface area contributed by atoms with Crippen LogP contribution in [-0.2, 0) is 4.79 Å². The molecule has 1 rings (SSSR count). The van der Waals surface area contributed by atoms with Gasteiger partial charge in [0.2, 0.25) is 0 Å². The maximum absolute atomic E-state index is 11.3. The second-order valence-electron chi connectivity index (χ2n) is 3.45. The number of aliphatic hydroxyl groups is 2. The van der Waals surface area contributed by atoms with E-state index in [-0.39, 0.29) is 0 Å². The molecular formula is C11H13Cl2NO3. The molecule has 0 heterocycles. The van der Waals surface area contributed by atoms with Crippen LogP contribution in [0, 0.1) is 0 Å². The van der Waals surface area contributed by atoms with Crippen molar-refractivity contribution in [1.82, 2.24) is 5.32 Å². The summed E-state index contributed by atoms with van der Waals surface area (Å²) in [6.07, 6.45) is -1.02. The Kier molecular flexibility index (Phi) is 5.71. The van der Waals surface area contributed by atoms with E-state index in [1.165, 1.54) is 0 Å². The number of nitrogens with one attached hydrogen (secondary N) is 1. The van der Waals surface area contributed by atoms with Crippen molar-refractivity contribution in [2.45, 2.75) is 17.0 Å². The van der Waals surface area contributed by atoms with Gasteiger partial charge in [0.1, 0.15) is 6.10 Å². The van der Waals surface area contributed by atoms with Crippen molar-refractivity contribution in [2.75, 3.05) is 6.61 Å². The van der Waals surface area contributed by atoms with Gasteiger partial charge in [0.15, 0.2) is 4.84 Å². The molecule has 1 aromatic carbocycles. The van der Waals surface area contributed by atoms with Gasteiger partial charge < -0.3 is 15.5 Å². The van der Waals surface area contributed by atoms with Crippen LogP contribution >= 0.6 is 23.2 Å². The molecule has 6 heteroatoms. The molecule has 0 bridgehead atoms. The Labute approximate surface area is 109 Å². The van der Waals surface area contributed by atoms with E-state index in [0.29, 0.717) is 5.56 Å². The molecule has 3 N–H and O–H groups in total. The van der Waals surface area contributed by atoms with Gasteiger partial charge in [-0.3, -0.25) is 4.79 Å². The summed E-state index contributed by atoms with van der Waals surface area (Å²) in [5.41, 5.74) is 0.590. The van der Waals surface area contributed by atoms with Crippen LogP contribution in [0.25, 0.3) is 0 Å². The third-order valence-corrected chi connectivity index (χ3v) is 2.64. The number of carbonyl (C=O) groups excluding carboxylic acids is 1. The maximum atomic E-state index is 11.3. The number of rotatable bonds is 5. The Morgan fingerprint density at radius 3 is 2.35 bits per heavy atom. The summed E-state index contributed by atoms with van der Waals surface area (Å²) in [5, 5.41) is 21.4. The summed E-state index contributed by atoms with van der Waals surface area (Å²) in [6, 6.07) is 7.85. The topological polar surface area (TPSA) is 69.6 Å². The molecule has 0 aliphatic heterocycles. The van der Waals surface area contributed by atoms with Crippen LogP contribution in [0.2, 0.25) is 0 Å². The highest BCUT2D eigenvalue weighted by Crippen LogP contribution is 2.16. The summed E-state index contributed by atoms with van der Waals surface area (Å²) >= 11 is 10.7. The third-order valence-electron chi connectivity index (χ3n) is 2.24. The highest BCUT2D eigenvalue weighted by atomic mass is 35.5. The van der Waals surface area contributed by atoms with Crippen molar-refractivity contribution in [3.8, 4) is 0 Å². The van der Waals surface area contributed by atoms with Gasteiger partial charge in [-0.25, -0.2) is 0 Å². The number of benzene rings is 1. The van der Waals surface area contributed by atoms with Crippen LogP contribution in [0.15, 0.2) is 30.3 Å². The highest BCUT2D eigenvalue weighted by molar-refractivity contribution is 6.53. The average molecular weight is 278 g/mol. The van der Waals surface area contributed by atoms with E-state index >= 15 is 0 Å². The smallest absolute Gasteiger partial charge is 0.253 e. The lowest BCUT2D eigenvalue weighted by Crippen LogP contribution is -2.44. The first-order valence-corrected chi connectivity index (χ1v) is 5.86. The van der Waals surface area contributed by atoms with Crippen LogP contribution in [0.5, 0.6) is 0 Å². The quantitative estimate of drug-likeness (QED) is 0.704. The second kappa shape index (κ2) is 6.81. The normalized spacial score (nSPS) is 14.4. The molecule has 0 aromatic heterocycles. The van der Waals surface area contributed by atoms with Crippen molar-refractivity contribution < 1.29 is 15.0 Å². The fourth-order valence-electron chi connectivity index (χ4n) is 1.35. The Morgan fingerprint density at radius 1 is 1.29 bits per heavy atom. The van der Waals surface area contributed by atoms with Gasteiger partial charge in [-0.1, -0.05) is 53.5 Å². The molecule has 0 spiro atoms. The summed E-state index contributed by atoms with van der Waals surface area (Å²) in [4.78, 5) is 10.0. The molecule has 2 atom stereocenters. The molecule has 17 heavy (non-hydrogen) atoms. The summed E-state index contributed by atoms with van der Waals surface area (Å²) in [6.45, 7) is -0.414. The number of aliphatic hydroxyl groups excluding tert-OH is 2. The molecule has 1 amide bonds. The zero-order valence-corrected chi connectivity index (χ0v) is 10.4. The van der Waals surface area contributed by atoms with Crippen molar-refractivity contribution in [3.05, 3.63) is 35.9 Å². The number of alkyl halides is 2. The minimum atomic E-state index is -1.23. The number of carbonyl (C=O) groups is 1. The molecule has 1 aromatic rings. The van der Waals surface area contributed by atoms with E-state index in [9.17, 15) is 9.90 Å². The zero-order valence-electron chi connectivity index (χ0n) is 8.88. The largest absolute Gasteiger partial charge is 0.394 e. The van der Waals surface area contributed by atoms with Gasteiger partial charge in [-0.2, -0.15) is 0 Å². The Morgan fingerprint density at radius 2 is 1.88 bits per heavy atom. The van der Waals surface area contributed by atoms with Gasteiger partial charge in [-0.05, 0) is 5.56 Å². The van der Waals surface area contributed by atoms with Gasteiger partial charge in [0.05, 0.1) is 12.6 Å². The molecular weight excluding hydrogens is 265 g/mol. The lowest BCUT2D eigenvalue weighted by atomic mass is 10.0. The fraction of sp³-hybridized carbons (Fsp3) is 0.364. The predicted octanol–water partition coefficient (Wildman–Crippen LogP) is 1.00. The van der Waals surface area contributed by atoms with Gasteiger partial charge in [-0.15, -0.1) is 0 Å². The molecule has 4 nitrogen and oxygen atoms in total. The molecule has 0 radical (unpaired) electrons. The van der Waals surface area contributed by atoms with Gasteiger partial charge >= 0.3 is 0 Å². The Bertz CT molecular complexity index is 359. The molecule has 0 aliphatic rings. The SMILES string of the molecule is O=C(N[C@@H](CO)[C@@H](O)c1ccccc1)C(Cl)Cl. The van der Waals surface area contributed by atoms with E-state index in [1.54, 1.807) is 30.3 Å². The van der Waals surface area contributed by atoms with E-state index in [1.807, 2.05) is 0 Å². The van der Waals surface area contributed by atoms with Crippen LogP contribution in [0.4, 0.5) is 0 Å². The van der Waals surface area contributed by atoms with Crippen LogP contribution in [0.1, 0.15) is 11.7 Å². The number of amides is 1. The van der Waals surface area contributed by atoms with E-state index in [2.05, 4.69) is 5.32 Å². The highest BCUT2D eigenvalue weighted by Gasteiger charge is 2.24. The predicted molar refractivity (Wildman–Crippen MR) is 65.9 cm³/mol. The zero-order chi connectivity index (χ0) is 12.8. The van der Waals surface area contributed by atoms with Crippen LogP contribution in [0.3, 0.4) is 0 Å². The van der Waals surface area contributed by atoms with Crippen molar-refractivity contribution in [3.63, 3.8) is 0 Å². The molecule has 0 unspecified atom stereocenters. The van der Waals surface area contributed by atoms with E-state index < -0.39 is 29.5 Å². The number of hydrogen-bond donors (Lipinski definition) is 3. The van der Waals surface area contributed by atoms with Gasteiger partial charge in [0.25, 0.3) is 5.91 Å². The third kappa shape index (κ3) is 4.16. The average Bonchev–Trinajstić information content (AvgIpc) is 2.35. The number of hydrogen-bond acceptors (Lipinski definition) is 3. The summed E-state index contributed by atoms with van der Waals surface area (Å²) < 4.78 is 0. The van der Waals surface area contributed by atoms with Crippen molar-refractivity contribution >= 4 is 29.1 Å². The summed E-state index contributed by atoms with van der Waals surface area (Å²) in [7, 11) is 0. The first-order valence-electron chi connectivity index (χ1n) is 4.98. The fourth-order valence-corrected chi connectivity index (χ4v) is 1.48. The first-order chi connectivity index (χ1) is 8.06. The lowest BCUT2D eigenvalue weighted by molar-refractivity contribution is -0.121. The molecule has 0 aliphatic carbocycles.